The summed E-state index contributed by atoms with van der Waals surface area (Å²) in [5.74, 6) is 2.06. The highest BCUT2D eigenvalue weighted by Gasteiger charge is 2.54. The van der Waals surface area contributed by atoms with E-state index in [4.69, 9.17) is 20.3 Å². The van der Waals surface area contributed by atoms with Crippen molar-refractivity contribution in [1.82, 2.24) is 19.5 Å². The first-order valence-corrected chi connectivity index (χ1v) is 20.4. The summed E-state index contributed by atoms with van der Waals surface area (Å²) in [5.41, 5.74) is -0.990. The molecule has 47 heavy (non-hydrogen) atoms. The molecule has 3 atom stereocenters. The monoisotopic (exact) mass is 673 g/mol. The Bertz CT molecular complexity index is 1370. The Hall–Kier alpha value is -2.88. The minimum atomic E-state index is -2.35. The molecule has 1 aliphatic rings. The molecule has 0 aromatic carbocycles. The number of amides is 1. The number of ether oxygens (including phenoxy) is 2. The van der Waals surface area contributed by atoms with Crippen LogP contribution in [-0.2, 0) is 23.5 Å². The van der Waals surface area contributed by atoms with Crippen LogP contribution >= 0.6 is 0 Å². The van der Waals surface area contributed by atoms with Crippen molar-refractivity contribution in [2.45, 2.75) is 161 Å². The third kappa shape index (κ3) is 10.6. The second-order valence-electron chi connectivity index (χ2n) is 14.2. The maximum Gasteiger partial charge on any atom is 0.312 e. The van der Waals surface area contributed by atoms with Crippen molar-refractivity contribution in [2.24, 2.45) is 0 Å². The Labute approximate surface area is 281 Å². The van der Waals surface area contributed by atoms with E-state index in [1.807, 2.05) is 0 Å². The minimum Gasteiger partial charge on any atom is -0.461 e. The van der Waals surface area contributed by atoms with Crippen molar-refractivity contribution in [2.75, 3.05) is 11.9 Å². The maximum atomic E-state index is 14.8. The van der Waals surface area contributed by atoms with Crippen LogP contribution in [0, 0.1) is 18.4 Å². The zero-order valence-electron chi connectivity index (χ0n) is 29.6. The van der Waals surface area contributed by atoms with Crippen molar-refractivity contribution in [3.8, 4) is 12.3 Å². The molecule has 2 aromatic rings. The zero-order chi connectivity index (χ0) is 34.7. The Morgan fingerprint density at radius 1 is 1.09 bits per heavy atom. The number of esters is 1. The normalized spacial score (nSPS) is 20.0. The van der Waals surface area contributed by atoms with Crippen molar-refractivity contribution < 1.29 is 27.9 Å². The van der Waals surface area contributed by atoms with E-state index in [2.05, 4.69) is 67.0 Å². The standard InChI is InChI=1S/C35H56FN5O5Si/c1-9-12-13-14-15-16-17-18-19-20-21-22-27(42)38-31-30-32(40-33(36)39-31)41(25-37-30)28-23-26(46-47(7,8)34(4,5)6)35(11-3,45-28)24-44-29(43)10-2/h3,25-26,28H,9-10,12-24H2,1-2,4-8H3,(H,38,39,40,42)/t26-,28+,35+/m0/s1. The van der Waals surface area contributed by atoms with Crippen molar-refractivity contribution in [1.29, 1.82) is 0 Å². The van der Waals surface area contributed by atoms with Gasteiger partial charge in [-0.2, -0.15) is 14.4 Å². The number of nitrogens with one attached hydrogen (secondary N) is 1. The summed E-state index contributed by atoms with van der Waals surface area (Å²) in [6.07, 6.45) is 19.0. The number of anilines is 1. The number of hydrogen-bond donors (Lipinski definition) is 1. The van der Waals surface area contributed by atoms with Gasteiger partial charge in [0.1, 0.15) is 12.8 Å². The van der Waals surface area contributed by atoms with Gasteiger partial charge in [0.15, 0.2) is 30.9 Å². The number of carbonyl (C=O) groups is 2. The molecule has 0 unspecified atom stereocenters. The number of terminal acetylenes is 1. The largest absolute Gasteiger partial charge is 0.461 e. The number of imidazole rings is 1. The van der Waals surface area contributed by atoms with Crippen LogP contribution in [0.15, 0.2) is 6.33 Å². The molecule has 1 saturated heterocycles. The fraction of sp³-hybridized carbons (Fsp3) is 0.743. The molecule has 3 heterocycles. The van der Waals surface area contributed by atoms with E-state index < -0.39 is 38.3 Å². The smallest absolute Gasteiger partial charge is 0.312 e. The topological polar surface area (TPSA) is 117 Å². The maximum absolute atomic E-state index is 14.8. The molecule has 1 N–H and O–H groups in total. The van der Waals surface area contributed by atoms with Crippen LogP contribution in [0.2, 0.25) is 18.1 Å². The Balaban J connectivity index is 1.68. The Morgan fingerprint density at radius 2 is 1.70 bits per heavy atom. The molecule has 262 valence electrons. The molecule has 10 nitrogen and oxygen atoms in total. The molecule has 3 rings (SSSR count). The summed E-state index contributed by atoms with van der Waals surface area (Å²) < 4.78 is 35.0. The molecule has 2 aromatic heterocycles. The number of aromatic nitrogens is 4. The lowest BCUT2D eigenvalue weighted by atomic mass is 9.99. The molecule has 1 fully saturated rings. The third-order valence-corrected chi connectivity index (χ3v) is 14.0. The SMILES string of the molecule is C#C[C@]1(COC(=O)CC)O[C@@H](n2cnc3c(NC(=O)CCCCCCCCCCCCC)nc(F)nc32)C[C@@H]1O[Si](C)(C)C(C)(C)C. The Morgan fingerprint density at radius 3 is 2.28 bits per heavy atom. The van der Waals surface area contributed by atoms with E-state index in [9.17, 15) is 14.0 Å². The highest BCUT2D eigenvalue weighted by Crippen LogP contribution is 2.45. The first kappa shape index (κ1) is 38.6. The van der Waals surface area contributed by atoms with Gasteiger partial charge in [-0.3, -0.25) is 14.2 Å². The number of rotatable bonds is 19. The van der Waals surface area contributed by atoms with Gasteiger partial charge in [-0.05, 0) is 24.6 Å². The van der Waals surface area contributed by atoms with Crippen LogP contribution in [0.1, 0.15) is 131 Å². The lowest BCUT2D eigenvalue weighted by Gasteiger charge is -2.41. The summed E-state index contributed by atoms with van der Waals surface area (Å²) in [6.45, 7) is 14.3. The van der Waals surface area contributed by atoms with Crippen molar-refractivity contribution in [3.63, 3.8) is 0 Å². The van der Waals surface area contributed by atoms with Crippen molar-refractivity contribution >= 4 is 37.2 Å². The third-order valence-electron chi connectivity index (χ3n) is 9.48. The molecular formula is C35H56FN5O5Si. The lowest BCUT2D eigenvalue weighted by Crippen LogP contribution is -2.52. The van der Waals surface area contributed by atoms with Gasteiger partial charge in [-0.15, -0.1) is 6.42 Å². The van der Waals surface area contributed by atoms with Crippen molar-refractivity contribution in [3.05, 3.63) is 12.4 Å². The van der Waals surface area contributed by atoms with Gasteiger partial charge in [0.25, 0.3) is 0 Å². The van der Waals surface area contributed by atoms with Gasteiger partial charge >= 0.3 is 12.0 Å². The van der Waals surface area contributed by atoms with E-state index in [0.717, 1.165) is 19.3 Å². The van der Waals surface area contributed by atoms with Gasteiger partial charge in [-0.25, -0.2) is 4.98 Å². The molecule has 0 aliphatic carbocycles. The molecule has 1 aliphatic heterocycles. The van der Waals surface area contributed by atoms with E-state index in [-0.39, 0.29) is 47.4 Å². The summed E-state index contributed by atoms with van der Waals surface area (Å²) in [4.78, 5) is 37.2. The van der Waals surface area contributed by atoms with E-state index in [1.165, 1.54) is 57.7 Å². The van der Waals surface area contributed by atoms with Gasteiger partial charge in [-0.1, -0.05) is 105 Å². The molecule has 0 saturated carbocycles. The first-order chi connectivity index (χ1) is 22.3. The lowest BCUT2D eigenvalue weighted by molar-refractivity contribution is -0.155. The first-order valence-electron chi connectivity index (χ1n) is 17.5. The van der Waals surface area contributed by atoms with Gasteiger partial charge in [0.05, 0.1) is 12.4 Å². The zero-order valence-corrected chi connectivity index (χ0v) is 30.6. The fourth-order valence-corrected chi connectivity index (χ4v) is 6.86. The van der Waals surface area contributed by atoms with Gasteiger partial charge in [0, 0.05) is 19.3 Å². The fourth-order valence-electron chi connectivity index (χ4n) is 5.50. The quantitative estimate of drug-likeness (QED) is 0.0521. The number of halogens is 1. The number of unbranched alkanes of at least 4 members (excludes halogenated alkanes) is 10. The molecule has 0 radical (unpaired) electrons. The van der Waals surface area contributed by atoms with Crippen LogP contribution in [0.5, 0.6) is 0 Å². The summed E-state index contributed by atoms with van der Waals surface area (Å²) in [7, 11) is -2.35. The van der Waals surface area contributed by atoms with Crippen LogP contribution in [0.3, 0.4) is 0 Å². The van der Waals surface area contributed by atoms with E-state index >= 15 is 0 Å². The van der Waals surface area contributed by atoms with Crippen LogP contribution < -0.4 is 5.32 Å². The molecule has 0 bridgehead atoms. The second kappa shape index (κ2) is 17.5. The summed E-state index contributed by atoms with van der Waals surface area (Å²) in [5, 5.41) is 2.61. The predicted molar refractivity (Wildman–Crippen MR) is 185 cm³/mol. The highest BCUT2D eigenvalue weighted by molar-refractivity contribution is 6.74. The van der Waals surface area contributed by atoms with Crippen LogP contribution in [-0.4, -0.2) is 58.0 Å². The minimum absolute atomic E-state index is 0.00600. The molecular weight excluding hydrogens is 617 g/mol. The predicted octanol–water partition coefficient (Wildman–Crippen LogP) is 8.24. The number of fused-ring (bicyclic) bond motifs is 1. The number of hydrogen-bond acceptors (Lipinski definition) is 8. The molecule has 12 heteroatoms. The van der Waals surface area contributed by atoms with Crippen LogP contribution in [0.25, 0.3) is 11.2 Å². The Kier molecular flexibility index (Phi) is 14.4. The molecule has 0 spiro atoms. The highest BCUT2D eigenvalue weighted by atomic mass is 28.4. The average molecular weight is 674 g/mol. The van der Waals surface area contributed by atoms with Gasteiger partial charge < -0.3 is 19.2 Å². The second-order valence-corrected chi connectivity index (χ2v) is 19.0. The van der Waals surface area contributed by atoms with E-state index in [0.29, 0.717) is 6.42 Å². The van der Waals surface area contributed by atoms with E-state index in [1.54, 1.807) is 11.5 Å². The van der Waals surface area contributed by atoms with Gasteiger partial charge in [0.2, 0.25) is 5.91 Å². The average Bonchev–Trinajstić information content (AvgIpc) is 3.59. The molecule has 1 amide bonds. The van der Waals surface area contributed by atoms with Crippen LogP contribution in [0.4, 0.5) is 10.2 Å². The number of nitrogens with zero attached hydrogens (tertiary/aromatic N) is 4. The summed E-state index contributed by atoms with van der Waals surface area (Å²) >= 11 is 0. The number of carbonyl (C=O) groups excluding carboxylic acids is 2. The summed E-state index contributed by atoms with van der Waals surface area (Å²) in [6, 6.07) is 0.